The highest BCUT2D eigenvalue weighted by Crippen LogP contribution is 2.01. The molecule has 1 amide bonds. The fraction of sp³-hybridized carbons (Fsp3) is 0.167. The molecule has 0 spiro atoms. The number of carbonyl (C=O) groups is 2. The summed E-state index contributed by atoms with van der Waals surface area (Å²) in [6, 6.07) is 8.35. The molecule has 0 heterocycles. The van der Waals surface area contributed by atoms with Gasteiger partial charge in [-0.05, 0) is 19.1 Å². The third kappa shape index (κ3) is 3.64. The zero-order chi connectivity index (χ0) is 12.7. The number of esters is 1. The molecule has 5 nitrogen and oxygen atoms in total. The van der Waals surface area contributed by atoms with Gasteiger partial charge >= 0.3 is 5.97 Å². The molecular formula is C12H13NO4. The highest BCUT2D eigenvalue weighted by atomic mass is 16.5. The molecule has 0 saturated heterocycles. The molecule has 0 saturated carbocycles. The van der Waals surface area contributed by atoms with E-state index in [1.54, 1.807) is 37.3 Å². The molecule has 17 heavy (non-hydrogen) atoms. The molecule has 0 radical (unpaired) electrons. The van der Waals surface area contributed by atoms with Crippen molar-refractivity contribution in [2.45, 2.75) is 6.92 Å². The van der Waals surface area contributed by atoms with Crippen LogP contribution in [0.2, 0.25) is 0 Å². The van der Waals surface area contributed by atoms with E-state index in [4.69, 9.17) is 5.11 Å². The molecule has 90 valence electrons. The van der Waals surface area contributed by atoms with Gasteiger partial charge in [0.15, 0.2) is 5.70 Å². The summed E-state index contributed by atoms with van der Waals surface area (Å²) in [5.74, 6) is -1.27. The van der Waals surface area contributed by atoms with E-state index >= 15 is 0 Å². The second-order valence-electron chi connectivity index (χ2n) is 3.08. The highest BCUT2D eigenvalue weighted by Gasteiger charge is 2.14. The summed E-state index contributed by atoms with van der Waals surface area (Å²) < 4.78 is 4.65. The van der Waals surface area contributed by atoms with E-state index < -0.39 is 11.9 Å². The largest absolute Gasteiger partial charge is 0.513 e. The molecule has 0 bridgehead atoms. The molecule has 1 rings (SSSR count). The summed E-state index contributed by atoms with van der Waals surface area (Å²) in [6.45, 7) is 1.79. The van der Waals surface area contributed by atoms with E-state index in [0.717, 1.165) is 0 Å². The summed E-state index contributed by atoms with van der Waals surface area (Å²) in [5, 5.41) is 11.1. The molecule has 0 unspecified atom stereocenters. The van der Waals surface area contributed by atoms with Gasteiger partial charge in [0, 0.05) is 5.56 Å². The van der Waals surface area contributed by atoms with Gasteiger partial charge in [-0.25, -0.2) is 4.79 Å². The number of aliphatic hydroxyl groups excluding tert-OH is 1. The minimum atomic E-state index is -0.778. The van der Waals surface area contributed by atoms with Crippen LogP contribution in [0.15, 0.2) is 42.3 Å². The summed E-state index contributed by atoms with van der Waals surface area (Å²) >= 11 is 0. The first-order valence-electron chi connectivity index (χ1n) is 5.07. The van der Waals surface area contributed by atoms with Crippen LogP contribution in [-0.4, -0.2) is 23.6 Å². The van der Waals surface area contributed by atoms with E-state index in [0.29, 0.717) is 11.8 Å². The highest BCUT2D eigenvalue weighted by molar-refractivity contribution is 6.00. The molecule has 5 heteroatoms. The van der Waals surface area contributed by atoms with Crippen molar-refractivity contribution in [3.8, 4) is 0 Å². The van der Waals surface area contributed by atoms with Gasteiger partial charge in [-0.15, -0.1) is 0 Å². The Bertz CT molecular complexity index is 425. The third-order valence-electron chi connectivity index (χ3n) is 1.91. The lowest BCUT2D eigenvalue weighted by molar-refractivity contribution is -0.139. The predicted octanol–water partition coefficient (Wildman–Crippen LogP) is 1.38. The average molecular weight is 235 g/mol. The molecule has 0 fully saturated rings. The summed E-state index contributed by atoms with van der Waals surface area (Å²) in [6.07, 6.45) is 0.513. The van der Waals surface area contributed by atoms with Crippen LogP contribution in [0.1, 0.15) is 17.3 Å². The van der Waals surface area contributed by atoms with Crippen molar-refractivity contribution in [1.29, 1.82) is 0 Å². The van der Waals surface area contributed by atoms with Crippen LogP contribution in [0.4, 0.5) is 0 Å². The molecule has 0 aliphatic rings. The monoisotopic (exact) mass is 235 g/mol. The molecule has 0 aliphatic carbocycles. The fourth-order valence-electron chi connectivity index (χ4n) is 1.13. The van der Waals surface area contributed by atoms with E-state index in [2.05, 4.69) is 10.1 Å². The third-order valence-corrected chi connectivity index (χ3v) is 1.91. The molecule has 2 N–H and O–H groups in total. The van der Waals surface area contributed by atoms with Crippen molar-refractivity contribution in [1.82, 2.24) is 5.32 Å². The molecule has 0 aromatic heterocycles. The van der Waals surface area contributed by atoms with E-state index in [1.165, 1.54) is 0 Å². The quantitative estimate of drug-likeness (QED) is 0.469. The van der Waals surface area contributed by atoms with E-state index in [1.807, 2.05) is 0 Å². The Morgan fingerprint density at radius 2 is 2.00 bits per heavy atom. The maximum absolute atomic E-state index is 11.7. The number of aliphatic hydroxyl groups is 1. The molecule has 0 aliphatic heterocycles. The number of amides is 1. The maximum atomic E-state index is 11.7. The van der Waals surface area contributed by atoms with Crippen molar-refractivity contribution in [3.05, 3.63) is 47.9 Å². The molecule has 1 aromatic rings. The minimum Gasteiger partial charge on any atom is -0.513 e. The first-order valence-corrected chi connectivity index (χ1v) is 5.07. The van der Waals surface area contributed by atoms with Crippen molar-refractivity contribution in [3.63, 3.8) is 0 Å². The van der Waals surface area contributed by atoms with Crippen LogP contribution in [0.25, 0.3) is 0 Å². The first kappa shape index (κ1) is 12.8. The lowest BCUT2D eigenvalue weighted by Crippen LogP contribution is -2.28. The lowest BCUT2D eigenvalue weighted by atomic mass is 10.2. The van der Waals surface area contributed by atoms with Gasteiger partial charge in [0.25, 0.3) is 5.91 Å². The Morgan fingerprint density at radius 3 is 2.53 bits per heavy atom. The number of ether oxygens (including phenoxy) is 1. The van der Waals surface area contributed by atoms with Crippen molar-refractivity contribution >= 4 is 11.9 Å². The fourth-order valence-corrected chi connectivity index (χ4v) is 1.13. The van der Waals surface area contributed by atoms with Gasteiger partial charge in [-0.3, -0.25) is 4.79 Å². The van der Waals surface area contributed by atoms with Crippen molar-refractivity contribution in [2.24, 2.45) is 0 Å². The number of nitrogens with one attached hydrogen (secondary N) is 1. The SMILES string of the molecule is CCOC(=O)/C(=C/O)NC(=O)c1ccccc1. The lowest BCUT2D eigenvalue weighted by Gasteiger charge is -2.07. The number of hydrogen-bond donors (Lipinski definition) is 2. The van der Waals surface area contributed by atoms with Crippen LogP contribution >= 0.6 is 0 Å². The van der Waals surface area contributed by atoms with Crippen molar-refractivity contribution in [2.75, 3.05) is 6.61 Å². The summed E-state index contributed by atoms with van der Waals surface area (Å²) in [4.78, 5) is 22.9. The molecular weight excluding hydrogens is 222 g/mol. The van der Waals surface area contributed by atoms with Crippen LogP contribution in [-0.2, 0) is 9.53 Å². The van der Waals surface area contributed by atoms with Crippen LogP contribution in [0.3, 0.4) is 0 Å². The van der Waals surface area contributed by atoms with Gasteiger partial charge in [-0.1, -0.05) is 18.2 Å². The Morgan fingerprint density at radius 1 is 1.35 bits per heavy atom. The second kappa shape index (κ2) is 6.32. The number of benzene rings is 1. The zero-order valence-corrected chi connectivity index (χ0v) is 9.34. The summed E-state index contributed by atoms with van der Waals surface area (Å²) in [5.41, 5.74) is 0.0943. The van der Waals surface area contributed by atoms with Crippen LogP contribution in [0.5, 0.6) is 0 Å². The van der Waals surface area contributed by atoms with Gasteiger partial charge < -0.3 is 15.2 Å². The normalized spacial score (nSPS) is 10.8. The molecule has 1 aromatic carbocycles. The smallest absolute Gasteiger partial charge is 0.358 e. The predicted molar refractivity (Wildman–Crippen MR) is 61.3 cm³/mol. The average Bonchev–Trinajstić information content (AvgIpc) is 2.37. The number of rotatable bonds is 4. The Hall–Kier alpha value is -2.30. The number of hydrogen-bond acceptors (Lipinski definition) is 4. The van der Waals surface area contributed by atoms with Crippen LogP contribution in [0, 0.1) is 0 Å². The van der Waals surface area contributed by atoms with Gasteiger partial charge in [0.05, 0.1) is 6.61 Å². The standard InChI is InChI=1S/C12H13NO4/c1-2-17-12(16)10(8-14)13-11(15)9-6-4-3-5-7-9/h3-8,14H,2H2,1H3,(H,13,15)/b10-8-. The van der Waals surface area contributed by atoms with E-state index in [9.17, 15) is 9.59 Å². The van der Waals surface area contributed by atoms with Gasteiger partial charge in [-0.2, -0.15) is 0 Å². The summed E-state index contributed by atoms with van der Waals surface area (Å²) in [7, 11) is 0. The maximum Gasteiger partial charge on any atom is 0.358 e. The minimum absolute atomic E-state index is 0.164. The Kier molecular flexibility index (Phi) is 4.75. The number of carbonyl (C=O) groups excluding carboxylic acids is 2. The Balaban J connectivity index is 2.71. The Labute approximate surface area is 98.7 Å². The van der Waals surface area contributed by atoms with E-state index in [-0.39, 0.29) is 12.3 Å². The molecule has 0 atom stereocenters. The van der Waals surface area contributed by atoms with Gasteiger partial charge in [0.2, 0.25) is 0 Å². The zero-order valence-electron chi connectivity index (χ0n) is 9.34. The van der Waals surface area contributed by atoms with Crippen molar-refractivity contribution < 1.29 is 19.4 Å². The second-order valence-corrected chi connectivity index (χ2v) is 3.08. The first-order chi connectivity index (χ1) is 8.19. The topological polar surface area (TPSA) is 75.6 Å². The van der Waals surface area contributed by atoms with Crippen LogP contribution < -0.4 is 5.32 Å². The van der Waals surface area contributed by atoms with Gasteiger partial charge in [0.1, 0.15) is 6.26 Å².